The summed E-state index contributed by atoms with van der Waals surface area (Å²) in [7, 11) is 0. The topological polar surface area (TPSA) is 60.7 Å². The third-order valence-corrected chi connectivity index (χ3v) is 3.65. The van der Waals surface area contributed by atoms with E-state index in [-0.39, 0.29) is 0 Å². The van der Waals surface area contributed by atoms with Crippen LogP contribution in [0.1, 0.15) is 12.0 Å². The van der Waals surface area contributed by atoms with Crippen LogP contribution in [0.3, 0.4) is 0 Å². The van der Waals surface area contributed by atoms with Gasteiger partial charge in [-0.1, -0.05) is 36.4 Å². The van der Waals surface area contributed by atoms with Gasteiger partial charge in [-0.25, -0.2) is 0 Å². The van der Waals surface area contributed by atoms with Gasteiger partial charge < -0.3 is 10.6 Å². The number of nitrogens with one attached hydrogen (secondary N) is 2. The number of nitrogens with zero attached hydrogens (tertiary/aromatic N) is 2. The number of aromatic nitrogens is 1. The van der Waals surface area contributed by atoms with Crippen molar-refractivity contribution in [3.05, 3.63) is 66.4 Å². The van der Waals surface area contributed by atoms with E-state index in [1.807, 2.05) is 42.5 Å². The summed E-state index contributed by atoms with van der Waals surface area (Å²) in [5.74, 6) is 0. The first kappa shape index (κ1) is 14.9. The molecule has 2 N–H and O–H groups in total. The second kappa shape index (κ2) is 7.28. The van der Waals surface area contributed by atoms with E-state index in [4.69, 9.17) is 0 Å². The maximum Gasteiger partial charge on any atom is 0.103 e. The molecule has 0 aliphatic heterocycles. The van der Waals surface area contributed by atoms with Crippen molar-refractivity contribution in [2.75, 3.05) is 23.7 Å². The fourth-order valence-corrected chi connectivity index (χ4v) is 2.51. The van der Waals surface area contributed by atoms with Gasteiger partial charge in [-0.05, 0) is 24.6 Å². The number of anilines is 2. The zero-order chi connectivity index (χ0) is 15.9. The third-order valence-electron chi connectivity index (χ3n) is 3.65. The molecule has 23 heavy (non-hydrogen) atoms. The molecule has 0 unspecified atom stereocenters. The molecular formula is C19H18N4. The molecule has 0 aliphatic carbocycles. The number of hydrogen-bond acceptors (Lipinski definition) is 4. The van der Waals surface area contributed by atoms with Gasteiger partial charge in [0.2, 0.25) is 0 Å². The minimum Gasteiger partial charge on any atom is -0.385 e. The summed E-state index contributed by atoms with van der Waals surface area (Å²) in [4.78, 5) is 4.32. The summed E-state index contributed by atoms with van der Waals surface area (Å²) in [6, 6.07) is 20.2. The zero-order valence-electron chi connectivity index (χ0n) is 12.8. The van der Waals surface area contributed by atoms with E-state index in [0.29, 0.717) is 5.56 Å². The van der Waals surface area contributed by atoms with Crippen LogP contribution in [0.25, 0.3) is 10.9 Å². The number of benzene rings is 2. The van der Waals surface area contributed by atoms with E-state index in [1.54, 1.807) is 6.20 Å². The zero-order valence-corrected chi connectivity index (χ0v) is 12.8. The van der Waals surface area contributed by atoms with Crippen molar-refractivity contribution in [2.45, 2.75) is 6.42 Å². The number of rotatable bonds is 6. The van der Waals surface area contributed by atoms with Gasteiger partial charge in [-0.15, -0.1) is 0 Å². The summed E-state index contributed by atoms with van der Waals surface area (Å²) < 4.78 is 0. The lowest BCUT2D eigenvalue weighted by Crippen LogP contribution is -2.10. The molecule has 0 amide bonds. The van der Waals surface area contributed by atoms with Crippen molar-refractivity contribution in [3.63, 3.8) is 0 Å². The van der Waals surface area contributed by atoms with Gasteiger partial charge in [0.25, 0.3) is 0 Å². The summed E-state index contributed by atoms with van der Waals surface area (Å²) in [5.41, 5.74) is 3.48. The molecule has 2 aromatic carbocycles. The highest BCUT2D eigenvalue weighted by Crippen LogP contribution is 2.25. The Morgan fingerprint density at radius 1 is 0.913 bits per heavy atom. The first-order valence-corrected chi connectivity index (χ1v) is 7.69. The van der Waals surface area contributed by atoms with Crippen molar-refractivity contribution in [3.8, 4) is 6.07 Å². The van der Waals surface area contributed by atoms with Crippen LogP contribution in [0.5, 0.6) is 0 Å². The van der Waals surface area contributed by atoms with Crippen LogP contribution in [-0.2, 0) is 0 Å². The van der Waals surface area contributed by atoms with Gasteiger partial charge in [-0.3, -0.25) is 4.98 Å². The van der Waals surface area contributed by atoms with E-state index >= 15 is 0 Å². The maximum atomic E-state index is 9.29. The van der Waals surface area contributed by atoms with Gasteiger partial charge >= 0.3 is 0 Å². The van der Waals surface area contributed by atoms with Gasteiger partial charge in [0.1, 0.15) is 6.07 Å². The fraction of sp³-hybridized carbons (Fsp3) is 0.158. The molecule has 1 heterocycles. The quantitative estimate of drug-likeness (QED) is 0.675. The Morgan fingerprint density at radius 2 is 1.65 bits per heavy atom. The van der Waals surface area contributed by atoms with Crippen LogP contribution >= 0.6 is 0 Å². The highest BCUT2D eigenvalue weighted by atomic mass is 14.9. The van der Waals surface area contributed by atoms with E-state index in [1.165, 1.54) is 0 Å². The average Bonchev–Trinajstić information content (AvgIpc) is 2.62. The Hall–Kier alpha value is -3.06. The SMILES string of the molecule is N#Cc1cnc2ccccc2c1NCCCNc1ccccc1. The first-order chi connectivity index (χ1) is 11.4. The Kier molecular flexibility index (Phi) is 4.70. The molecule has 1 aromatic heterocycles. The van der Waals surface area contributed by atoms with Crippen molar-refractivity contribution in [2.24, 2.45) is 0 Å². The van der Waals surface area contributed by atoms with Gasteiger partial charge in [0.05, 0.1) is 16.8 Å². The third kappa shape index (κ3) is 3.58. The maximum absolute atomic E-state index is 9.29. The summed E-state index contributed by atoms with van der Waals surface area (Å²) in [6.07, 6.45) is 2.59. The molecule has 3 rings (SSSR count). The van der Waals surface area contributed by atoms with Crippen molar-refractivity contribution in [1.82, 2.24) is 4.98 Å². The van der Waals surface area contributed by atoms with E-state index < -0.39 is 0 Å². The lowest BCUT2D eigenvalue weighted by molar-refractivity contribution is 0.910. The molecule has 0 fully saturated rings. The molecule has 0 spiro atoms. The number of para-hydroxylation sites is 2. The molecule has 0 aliphatic rings. The molecule has 0 bridgehead atoms. The number of hydrogen-bond donors (Lipinski definition) is 2. The van der Waals surface area contributed by atoms with E-state index in [2.05, 4.69) is 33.8 Å². The minimum absolute atomic E-state index is 0.583. The Labute approximate surface area is 135 Å². The monoisotopic (exact) mass is 302 g/mol. The molecule has 0 radical (unpaired) electrons. The number of nitriles is 1. The standard InChI is InChI=1S/C19H18N4/c20-13-15-14-23-18-10-5-4-9-17(18)19(15)22-12-6-11-21-16-7-2-1-3-8-16/h1-5,7-10,14,21H,6,11-12H2,(H,22,23). The van der Waals surface area contributed by atoms with Crippen LogP contribution < -0.4 is 10.6 Å². The molecule has 0 saturated carbocycles. The summed E-state index contributed by atoms with van der Waals surface area (Å²) in [6.45, 7) is 1.67. The van der Waals surface area contributed by atoms with E-state index in [0.717, 1.165) is 41.8 Å². The molecular weight excluding hydrogens is 284 g/mol. The van der Waals surface area contributed by atoms with Crippen LogP contribution in [0.2, 0.25) is 0 Å². The second-order valence-electron chi connectivity index (χ2n) is 5.25. The van der Waals surface area contributed by atoms with Crippen LogP contribution in [0, 0.1) is 11.3 Å². The van der Waals surface area contributed by atoms with Gasteiger partial charge in [0.15, 0.2) is 0 Å². The Balaban J connectivity index is 1.62. The summed E-state index contributed by atoms with van der Waals surface area (Å²) >= 11 is 0. The lowest BCUT2D eigenvalue weighted by atomic mass is 10.1. The number of pyridine rings is 1. The largest absolute Gasteiger partial charge is 0.385 e. The van der Waals surface area contributed by atoms with Crippen LogP contribution in [-0.4, -0.2) is 18.1 Å². The van der Waals surface area contributed by atoms with Crippen molar-refractivity contribution in [1.29, 1.82) is 5.26 Å². The molecule has 0 atom stereocenters. The smallest absolute Gasteiger partial charge is 0.103 e. The van der Waals surface area contributed by atoms with Crippen molar-refractivity contribution < 1.29 is 0 Å². The van der Waals surface area contributed by atoms with Crippen LogP contribution in [0.4, 0.5) is 11.4 Å². The first-order valence-electron chi connectivity index (χ1n) is 7.69. The molecule has 114 valence electrons. The van der Waals surface area contributed by atoms with Crippen molar-refractivity contribution >= 4 is 22.3 Å². The van der Waals surface area contributed by atoms with Crippen LogP contribution in [0.15, 0.2) is 60.8 Å². The lowest BCUT2D eigenvalue weighted by Gasteiger charge is -2.12. The van der Waals surface area contributed by atoms with Gasteiger partial charge in [0, 0.05) is 30.4 Å². The second-order valence-corrected chi connectivity index (χ2v) is 5.25. The fourth-order valence-electron chi connectivity index (χ4n) is 2.51. The predicted molar refractivity (Wildman–Crippen MR) is 94.5 cm³/mol. The molecule has 3 aromatic rings. The highest BCUT2D eigenvalue weighted by molar-refractivity contribution is 5.93. The molecule has 4 heteroatoms. The Bertz CT molecular complexity index is 822. The molecule has 4 nitrogen and oxygen atoms in total. The summed E-state index contributed by atoms with van der Waals surface area (Å²) in [5, 5.41) is 17.0. The normalized spacial score (nSPS) is 10.2. The Morgan fingerprint density at radius 3 is 2.48 bits per heavy atom. The molecule has 0 saturated heterocycles. The average molecular weight is 302 g/mol. The highest BCUT2D eigenvalue weighted by Gasteiger charge is 2.07. The number of fused-ring (bicyclic) bond motifs is 1. The minimum atomic E-state index is 0.583. The van der Waals surface area contributed by atoms with Gasteiger partial charge in [-0.2, -0.15) is 5.26 Å². The van der Waals surface area contributed by atoms with E-state index in [9.17, 15) is 5.26 Å². The predicted octanol–water partition coefficient (Wildman–Crippen LogP) is 4.02.